The summed E-state index contributed by atoms with van der Waals surface area (Å²) >= 11 is 0. The zero-order chi connectivity index (χ0) is 22.5. The molecular weight excluding hydrogens is 402 g/mol. The minimum atomic E-state index is 0.171. The van der Waals surface area contributed by atoms with Crippen LogP contribution in [-0.2, 0) is 0 Å². The van der Waals surface area contributed by atoms with Crippen molar-refractivity contribution < 1.29 is 4.74 Å². The molecule has 1 atom stereocenters. The summed E-state index contributed by atoms with van der Waals surface area (Å²) in [6.45, 7) is 8.39. The first-order valence-electron chi connectivity index (χ1n) is 10.8. The van der Waals surface area contributed by atoms with E-state index >= 15 is 0 Å². The number of fused-ring (bicyclic) bond motifs is 1. The lowest BCUT2D eigenvalue weighted by atomic mass is 10.0. The quantitative estimate of drug-likeness (QED) is 0.686. The van der Waals surface area contributed by atoms with E-state index in [0.717, 1.165) is 42.0 Å². The zero-order valence-corrected chi connectivity index (χ0v) is 18.8. The molecule has 3 aromatic heterocycles. The largest absolute Gasteiger partial charge is 0.494 e. The Morgan fingerprint density at radius 3 is 2.84 bits per heavy atom. The molecular formula is C24H27N7O. The van der Waals surface area contributed by atoms with Crippen LogP contribution in [0, 0.1) is 18.3 Å². The Kier molecular flexibility index (Phi) is 4.79. The highest BCUT2D eigenvalue weighted by Gasteiger charge is 2.33. The summed E-state index contributed by atoms with van der Waals surface area (Å²) in [4.78, 5) is 2.40. The molecule has 8 nitrogen and oxygen atoms in total. The summed E-state index contributed by atoms with van der Waals surface area (Å²) in [5.41, 5.74) is 5.47. The smallest absolute Gasteiger partial charge is 0.146 e. The Hall–Kier alpha value is -3.57. The van der Waals surface area contributed by atoms with E-state index in [-0.39, 0.29) is 5.54 Å². The van der Waals surface area contributed by atoms with Crippen molar-refractivity contribution in [3.63, 3.8) is 0 Å². The molecule has 3 aromatic rings. The number of pyridine rings is 1. The maximum absolute atomic E-state index is 9.36. The van der Waals surface area contributed by atoms with Gasteiger partial charge in [0.25, 0.3) is 0 Å². The van der Waals surface area contributed by atoms with Crippen molar-refractivity contribution in [3.8, 4) is 22.9 Å². The van der Waals surface area contributed by atoms with E-state index in [1.165, 1.54) is 0 Å². The van der Waals surface area contributed by atoms with Gasteiger partial charge in [0.1, 0.15) is 22.9 Å². The number of hydrogen-bond acceptors (Lipinski definition) is 6. The van der Waals surface area contributed by atoms with Crippen LogP contribution in [0.15, 0.2) is 43.0 Å². The maximum Gasteiger partial charge on any atom is 0.146 e. The normalized spacial score (nSPS) is 19.9. The third kappa shape index (κ3) is 3.35. The molecule has 5 heterocycles. The minimum absolute atomic E-state index is 0.171. The predicted molar refractivity (Wildman–Crippen MR) is 123 cm³/mol. The van der Waals surface area contributed by atoms with Gasteiger partial charge in [0.05, 0.1) is 31.7 Å². The molecule has 164 valence electrons. The average molecular weight is 430 g/mol. The Labute approximate surface area is 187 Å². The molecule has 0 amide bonds. The first-order chi connectivity index (χ1) is 15.4. The standard InChI is InChI=1S/C24H27N7O/c1-16-21(17-8-22(32-4)23-18(10-25)11-27-30(23)14-17)13-28-31(16)19-6-5-7-29(15-19)20-9-24(2,3)26-12-20/h5-8,11,13-14,20,26H,9,12,15H2,1-4H3. The van der Waals surface area contributed by atoms with E-state index in [1.54, 1.807) is 17.8 Å². The van der Waals surface area contributed by atoms with Gasteiger partial charge in [-0.05, 0) is 51.6 Å². The van der Waals surface area contributed by atoms with E-state index < -0.39 is 0 Å². The number of aromatic nitrogens is 4. The van der Waals surface area contributed by atoms with Gasteiger partial charge in [0.15, 0.2) is 0 Å². The number of allylic oxidation sites excluding steroid dienone is 2. The number of nitrogens with one attached hydrogen (secondary N) is 1. The summed E-state index contributed by atoms with van der Waals surface area (Å²) in [7, 11) is 1.61. The Morgan fingerprint density at radius 1 is 1.28 bits per heavy atom. The Morgan fingerprint density at radius 2 is 2.12 bits per heavy atom. The fraction of sp³-hybridized carbons (Fsp3) is 0.375. The first kappa shape index (κ1) is 20.3. The van der Waals surface area contributed by atoms with Crippen LogP contribution in [-0.4, -0.2) is 56.1 Å². The highest BCUT2D eigenvalue weighted by atomic mass is 16.5. The lowest BCUT2D eigenvalue weighted by molar-refractivity contribution is 0.304. The van der Waals surface area contributed by atoms with Gasteiger partial charge in [-0.1, -0.05) is 0 Å². The number of nitrogens with zero attached hydrogens (tertiary/aromatic N) is 6. The fourth-order valence-electron chi connectivity index (χ4n) is 4.76. The molecule has 2 aliphatic heterocycles. The van der Waals surface area contributed by atoms with Crippen LogP contribution in [0.1, 0.15) is 31.5 Å². The van der Waals surface area contributed by atoms with Gasteiger partial charge in [0, 0.05) is 41.1 Å². The number of hydrogen-bond donors (Lipinski definition) is 1. The van der Waals surface area contributed by atoms with E-state index in [2.05, 4.69) is 60.5 Å². The van der Waals surface area contributed by atoms with Gasteiger partial charge in [-0.3, -0.25) is 0 Å². The average Bonchev–Trinajstić information content (AvgIpc) is 3.49. The highest BCUT2D eigenvalue weighted by molar-refractivity contribution is 5.76. The van der Waals surface area contributed by atoms with Crippen molar-refractivity contribution in [2.45, 2.75) is 38.8 Å². The van der Waals surface area contributed by atoms with Crippen LogP contribution in [0.5, 0.6) is 5.75 Å². The molecule has 0 bridgehead atoms. The molecule has 0 spiro atoms. The summed E-state index contributed by atoms with van der Waals surface area (Å²) in [5, 5.41) is 22.0. The summed E-state index contributed by atoms with van der Waals surface area (Å²) in [6, 6.07) is 4.59. The third-order valence-electron chi connectivity index (χ3n) is 6.45. The molecule has 1 unspecified atom stereocenters. The molecule has 1 N–H and O–H groups in total. The topological polar surface area (TPSA) is 83.4 Å². The molecule has 0 radical (unpaired) electrons. The predicted octanol–water partition coefficient (Wildman–Crippen LogP) is 3.20. The maximum atomic E-state index is 9.36. The van der Waals surface area contributed by atoms with Crippen LogP contribution < -0.4 is 10.1 Å². The first-order valence-corrected chi connectivity index (χ1v) is 10.8. The highest BCUT2D eigenvalue weighted by Crippen LogP contribution is 2.32. The van der Waals surface area contributed by atoms with Gasteiger partial charge in [-0.25, -0.2) is 9.20 Å². The summed E-state index contributed by atoms with van der Waals surface area (Å²) in [6.07, 6.45) is 12.9. The Bertz CT molecular complexity index is 1290. The third-order valence-corrected chi connectivity index (χ3v) is 6.45. The van der Waals surface area contributed by atoms with E-state index in [4.69, 9.17) is 9.84 Å². The van der Waals surface area contributed by atoms with Gasteiger partial charge < -0.3 is 15.0 Å². The molecule has 2 aliphatic rings. The zero-order valence-electron chi connectivity index (χ0n) is 18.8. The second-order valence-corrected chi connectivity index (χ2v) is 9.11. The molecule has 5 rings (SSSR count). The second-order valence-electron chi connectivity index (χ2n) is 9.11. The molecule has 1 fully saturated rings. The van der Waals surface area contributed by atoms with Gasteiger partial charge in [-0.2, -0.15) is 15.5 Å². The molecule has 0 saturated carbocycles. The van der Waals surface area contributed by atoms with E-state index in [9.17, 15) is 5.26 Å². The van der Waals surface area contributed by atoms with E-state index in [0.29, 0.717) is 22.9 Å². The monoisotopic (exact) mass is 429 g/mol. The molecule has 8 heteroatoms. The Balaban J connectivity index is 1.46. The van der Waals surface area contributed by atoms with Gasteiger partial charge in [0.2, 0.25) is 0 Å². The van der Waals surface area contributed by atoms with Crippen LogP contribution in [0.25, 0.3) is 22.3 Å². The van der Waals surface area contributed by atoms with Crippen molar-refractivity contribution >= 4 is 11.2 Å². The summed E-state index contributed by atoms with van der Waals surface area (Å²) in [5.74, 6) is 0.617. The van der Waals surface area contributed by atoms with E-state index in [1.807, 2.05) is 23.1 Å². The van der Waals surface area contributed by atoms with Gasteiger partial charge >= 0.3 is 0 Å². The van der Waals surface area contributed by atoms with Crippen LogP contribution in [0.3, 0.4) is 0 Å². The lowest BCUT2D eigenvalue weighted by Gasteiger charge is -2.31. The fourth-order valence-corrected chi connectivity index (χ4v) is 4.76. The number of methoxy groups -OCH3 is 1. The molecule has 1 saturated heterocycles. The van der Waals surface area contributed by atoms with Crippen molar-refractivity contribution in [1.82, 2.24) is 29.6 Å². The van der Waals surface area contributed by atoms with Crippen LogP contribution in [0.4, 0.5) is 0 Å². The molecule has 0 aromatic carbocycles. The van der Waals surface area contributed by atoms with Crippen LogP contribution >= 0.6 is 0 Å². The number of nitriles is 1. The van der Waals surface area contributed by atoms with Crippen LogP contribution in [0.2, 0.25) is 0 Å². The summed E-state index contributed by atoms with van der Waals surface area (Å²) < 4.78 is 9.28. The van der Waals surface area contributed by atoms with Gasteiger partial charge in [-0.15, -0.1) is 0 Å². The SMILES string of the molecule is COc1cc(-c2cnn(C3=CC=CN(C4CNC(C)(C)C4)C3)c2C)cn2ncc(C#N)c12. The second kappa shape index (κ2) is 7.53. The lowest BCUT2D eigenvalue weighted by Crippen LogP contribution is -2.35. The minimum Gasteiger partial charge on any atom is -0.494 e. The molecule has 0 aliphatic carbocycles. The van der Waals surface area contributed by atoms with Crippen molar-refractivity contribution in [2.75, 3.05) is 20.2 Å². The van der Waals surface area contributed by atoms with Crippen molar-refractivity contribution in [3.05, 3.63) is 54.3 Å². The number of ether oxygens (including phenoxy) is 1. The molecule has 32 heavy (non-hydrogen) atoms. The number of rotatable bonds is 4. The van der Waals surface area contributed by atoms with Crippen molar-refractivity contribution in [2.24, 2.45) is 0 Å². The van der Waals surface area contributed by atoms with Crippen molar-refractivity contribution in [1.29, 1.82) is 5.26 Å².